The molecule has 6 nitrogen and oxygen atoms in total. The van der Waals surface area contributed by atoms with E-state index in [2.05, 4.69) is 14.9 Å². The Morgan fingerprint density at radius 1 is 1.30 bits per heavy atom. The molecule has 2 aromatic heterocycles. The molecule has 2 N–H and O–H groups in total. The number of carbonyl (C=O) groups is 1. The lowest BCUT2D eigenvalue weighted by molar-refractivity contribution is 0.0871. The van der Waals surface area contributed by atoms with Crippen LogP contribution in [0.4, 0.5) is 0 Å². The number of nitrogens with zero attached hydrogens (tertiary/aromatic N) is 2. The number of benzene rings is 1. The molecule has 0 saturated heterocycles. The van der Waals surface area contributed by atoms with Crippen molar-refractivity contribution in [2.45, 2.75) is 38.5 Å². The van der Waals surface area contributed by atoms with Gasteiger partial charge in [-0.1, -0.05) is 30.3 Å². The number of carbonyl (C=O) groups excluding carboxylic acids is 1. The molecular formula is C21H23N3O3. The van der Waals surface area contributed by atoms with Crippen LogP contribution >= 0.6 is 0 Å². The van der Waals surface area contributed by atoms with Crippen LogP contribution in [0.5, 0.6) is 0 Å². The number of aryl methyl sites for hydroxylation is 1. The Kier molecular flexibility index (Phi) is 4.81. The minimum Gasteiger partial charge on any atom is -0.469 e. The second-order valence-electron chi connectivity index (χ2n) is 7.14. The molecule has 0 aliphatic heterocycles. The fraction of sp³-hybridized carbons (Fsp3) is 0.333. The first-order chi connectivity index (χ1) is 13.1. The summed E-state index contributed by atoms with van der Waals surface area (Å²) < 4.78 is 7.31. The van der Waals surface area contributed by atoms with Crippen molar-refractivity contribution in [3.63, 3.8) is 0 Å². The summed E-state index contributed by atoms with van der Waals surface area (Å²) >= 11 is 0. The van der Waals surface area contributed by atoms with Gasteiger partial charge in [-0.15, -0.1) is 0 Å². The number of hydrogen-bond acceptors (Lipinski definition) is 4. The van der Waals surface area contributed by atoms with Gasteiger partial charge in [0.2, 0.25) is 0 Å². The third-order valence-electron chi connectivity index (χ3n) is 5.25. The van der Waals surface area contributed by atoms with E-state index in [1.54, 1.807) is 19.2 Å². The van der Waals surface area contributed by atoms with Gasteiger partial charge in [-0.2, -0.15) is 0 Å². The summed E-state index contributed by atoms with van der Waals surface area (Å²) in [5.41, 5.74) is 1.59. The molecule has 4 rings (SSSR count). The Labute approximate surface area is 157 Å². The molecule has 0 spiro atoms. The zero-order valence-corrected chi connectivity index (χ0v) is 15.2. The molecule has 1 saturated carbocycles. The normalized spacial score (nSPS) is 22.1. The molecule has 3 atom stereocenters. The van der Waals surface area contributed by atoms with Crippen LogP contribution < -0.4 is 5.32 Å². The summed E-state index contributed by atoms with van der Waals surface area (Å²) in [5, 5.41) is 13.4. The van der Waals surface area contributed by atoms with Crippen molar-refractivity contribution < 1.29 is 14.3 Å². The van der Waals surface area contributed by atoms with Gasteiger partial charge in [0.15, 0.2) is 0 Å². The number of imidazole rings is 1. The fourth-order valence-corrected chi connectivity index (χ4v) is 3.87. The van der Waals surface area contributed by atoms with E-state index in [1.165, 1.54) is 6.26 Å². The maximum atomic E-state index is 12.4. The highest BCUT2D eigenvalue weighted by Crippen LogP contribution is 2.29. The van der Waals surface area contributed by atoms with Crippen molar-refractivity contribution in [1.82, 2.24) is 14.9 Å². The number of aliphatic hydroxyl groups excluding tert-OH is 1. The summed E-state index contributed by atoms with van der Waals surface area (Å²) in [6, 6.07) is 11.5. The van der Waals surface area contributed by atoms with E-state index < -0.39 is 6.10 Å². The summed E-state index contributed by atoms with van der Waals surface area (Å²) in [4.78, 5) is 16.9. The van der Waals surface area contributed by atoms with E-state index >= 15 is 0 Å². The van der Waals surface area contributed by atoms with Gasteiger partial charge in [-0.3, -0.25) is 4.79 Å². The highest BCUT2D eigenvalue weighted by molar-refractivity contribution is 5.95. The fourth-order valence-electron chi connectivity index (χ4n) is 3.87. The molecule has 1 unspecified atom stereocenters. The zero-order valence-electron chi connectivity index (χ0n) is 15.2. The second kappa shape index (κ2) is 7.40. The standard InChI is InChI=1S/C21H23N3O3/c1-14-17(7-10-27-14)21(26)23-18-11-15(12-19(18)25)13-24-9-8-22-20(24)16-5-3-2-4-6-16/h2-10,15,18-19,25H,11-13H2,1H3,(H,23,26)/t15?,18-,19-/m1/s1. The Bertz CT molecular complexity index is 916. The van der Waals surface area contributed by atoms with Gasteiger partial charge in [-0.05, 0) is 31.7 Å². The van der Waals surface area contributed by atoms with Crippen molar-refractivity contribution in [3.05, 3.63) is 66.4 Å². The van der Waals surface area contributed by atoms with E-state index in [0.29, 0.717) is 17.7 Å². The molecule has 6 heteroatoms. The number of rotatable bonds is 5. The number of aliphatic hydroxyl groups is 1. The van der Waals surface area contributed by atoms with Crippen LogP contribution in [-0.2, 0) is 6.54 Å². The molecular weight excluding hydrogens is 342 g/mol. The molecule has 3 aromatic rings. The van der Waals surface area contributed by atoms with E-state index in [0.717, 1.165) is 24.4 Å². The molecule has 1 aliphatic rings. The SMILES string of the molecule is Cc1occc1C(=O)N[C@@H]1CC(Cn2ccnc2-c2ccccc2)C[C@H]1O. The second-order valence-corrected chi connectivity index (χ2v) is 7.14. The van der Waals surface area contributed by atoms with Crippen molar-refractivity contribution in [1.29, 1.82) is 0 Å². The molecule has 1 amide bonds. The molecule has 2 heterocycles. The highest BCUT2D eigenvalue weighted by Gasteiger charge is 2.34. The summed E-state index contributed by atoms with van der Waals surface area (Å²) in [7, 11) is 0. The molecule has 140 valence electrons. The van der Waals surface area contributed by atoms with Crippen LogP contribution in [-0.4, -0.2) is 32.7 Å². The quantitative estimate of drug-likeness (QED) is 0.728. The van der Waals surface area contributed by atoms with Gasteiger partial charge in [-0.25, -0.2) is 4.98 Å². The molecule has 1 aromatic carbocycles. The maximum absolute atomic E-state index is 12.4. The molecule has 27 heavy (non-hydrogen) atoms. The lowest BCUT2D eigenvalue weighted by Crippen LogP contribution is -2.40. The number of aromatic nitrogens is 2. The van der Waals surface area contributed by atoms with Crippen molar-refractivity contribution in [2.75, 3.05) is 0 Å². The third kappa shape index (κ3) is 3.66. The molecule has 0 bridgehead atoms. The minimum atomic E-state index is -0.546. The lowest BCUT2D eigenvalue weighted by Gasteiger charge is -2.16. The predicted octanol–water partition coefficient (Wildman–Crippen LogP) is 3.02. The number of amides is 1. The molecule has 1 aliphatic carbocycles. The van der Waals surface area contributed by atoms with Gasteiger partial charge in [0.05, 0.1) is 24.0 Å². The lowest BCUT2D eigenvalue weighted by atomic mass is 10.1. The average Bonchev–Trinajstić information content (AvgIpc) is 3.37. The van der Waals surface area contributed by atoms with Gasteiger partial charge in [0, 0.05) is 24.5 Å². The van der Waals surface area contributed by atoms with Crippen molar-refractivity contribution in [2.24, 2.45) is 5.92 Å². The Morgan fingerprint density at radius 3 is 2.85 bits per heavy atom. The number of nitrogens with one attached hydrogen (secondary N) is 1. The first kappa shape index (κ1) is 17.5. The monoisotopic (exact) mass is 365 g/mol. The third-order valence-corrected chi connectivity index (χ3v) is 5.25. The Morgan fingerprint density at radius 2 is 2.11 bits per heavy atom. The average molecular weight is 365 g/mol. The largest absolute Gasteiger partial charge is 0.469 e. The van der Waals surface area contributed by atoms with Crippen molar-refractivity contribution in [3.8, 4) is 11.4 Å². The topological polar surface area (TPSA) is 80.3 Å². The first-order valence-electron chi connectivity index (χ1n) is 9.21. The minimum absolute atomic E-state index is 0.196. The van der Waals surface area contributed by atoms with Crippen LogP contribution in [0.3, 0.4) is 0 Å². The molecule has 0 radical (unpaired) electrons. The zero-order chi connectivity index (χ0) is 18.8. The summed E-state index contributed by atoms with van der Waals surface area (Å²) in [6.07, 6.45) is 6.11. The van der Waals surface area contributed by atoms with E-state index in [4.69, 9.17) is 4.42 Å². The first-order valence-corrected chi connectivity index (χ1v) is 9.21. The van der Waals surface area contributed by atoms with E-state index in [9.17, 15) is 9.90 Å². The molecule has 1 fully saturated rings. The van der Waals surface area contributed by atoms with Gasteiger partial charge < -0.3 is 19.4 Å². The van der Waals surface area contributed by atoms with Crippen LogP contribution in [0.1, 0.15) is 29.0 Å². The van der Waals surface area contributed by atoms with Gasteiger partial charge in [0.1, 0.15) is 11.6 Å². The number of furan rings is 1. The van der Waals surface area contributed by atoms with Crippen LogP contribution in [0.2, 0.25) is 0 Å². The maximum Gasteiger partial charge on any atom is 0.255 e. The predicted molar refractivity (Wildman–Crippen MR) is 101 cm³/mol. The van der Waals surface area contributed by atoms with Crippen LogP contribution in [0.25, 0.3) is 11.4 Å². The van der Waals surface area contributed by atoms with E-state index in [-0.39, 0.29) is 17.9 Å². The summed E-state index contributed by atoms with van der Waals surface area (Å²) in [5.74, 6) is 1.58. The van der Waals surface area contributed by atoms with Crippen LogP contribution in [0.15, 0.2) is 59.5 Å². The summed E-state index contributed by atoms with van der Waals surface area (Å²) in [6.45, 7) is 2.52. The Hall–Kier alpha value is -2.86. The van der Waals surface area contributed by atoms with Gasteiger partial charge in [0.25, 0.3) is 5.91 Å². The van der Waals surface area contributed by atoms with E-state index in [1.807, 2.05) is 36.5 Å². The number of hydrogen-bond donors (Lipinski definition) is 2. The van der Waals surface area contributed by atoms with Crippen molar-refractivity contribution >= 4 is 5.91 Å². The highest BCUT2D eigenvalue weighted by atomic mass is 16.3. The smallest absolute Gasteiger partial charge is 0.255 e. The van der Waals surface area contributed by atoms with Crippen LogP contribution in [0, 0.1) is 12.8 Å². The van der Waals surface area contributed by atoms with Gasteiger partial charge >= 0.3 is 0 Å². The Balaban J connectivity index is 1.42.